The fourth-order valence-electron chi connectivity index (χ4n) is 1.51. The van der Waals surface area contributed by atoms with E-state index in [1.807, 2.05) is 18.2 Å². The van der Waals surface area contributed by atoms with Crippen LogP contribution in [0, 0.1) is 0 Å². The first-order valence-corrected chi connectivity index (χ1v) is 4.61. The van der Waals surface area contributed by atoms with Crippen molar-refractivity contribution in [2.75, 3.05) is 5.01 Å². The molecule has 0 aliphatic carbocycles. The van der Waals surface area contributed by atoms with E-state index >= 15 is 0 Å². The van der Waals surface area contributed by atoms with Crippen molar-refractivity contribution in [2.24, 2.45) is 5.16 Å². The molecule has 0 bridgehead atoms. The first-order chi connectivity index (χ1) is 7.24. The van der Waals surface area contributed by atoms with E-state index in [-0.39, 0.29) is 17.7 Å². The third kappa shape index (κ3) is 1.57. The Morgan fingerprint density at radius 1 is 1.40 bits per heavy atom. The van der Waals surface area contributed by atoms with Gasteiger partial charge in [-0.3, -0.25) is 4.79 Å². The highest BCUT2D eigenvalue weighted by atomic mass is 16.4. The lowest BCUT2D eigenvalue weighted by atomic mass is 10.2. The Morgan fingerprint density at radius 2 is 2.07 bits per heavy atom. The van der Waals surface area contributed by atoms with Gasteiger partial charge in [-0.05, 0) is 19.1 Å². The molecular formula is C10H11N3O2. The Kier molecular flexibility index (Phi) is 2.39. The van der Waals surface area contributed by atoms with Crippen LogP contribution < -0.4 is 10.4 Å². The van der Waals surface area contributed by atoms with Gasteiger partial charge in [-0.15, -0.1) is 0 Å². The van der Waals surface area contributed by atoms with Gasteiger partial charge in [0.05, 0.1) is 11.7 Å². The lowest BCUT2D eigenvalue weighted by Gasteiger charge is -2.15. The minimum atomic E-state index is -0.323. The second kappa shape index (κ2) is 3.70. The number of carbonyl (C=O) groups excluding carboxylic acids is 1. The zero-order valence-corrected chi connectivity index (χ0v) is 8.21. The summed E-state index contributed by atoms with van der Waals surface area (Å²) in [6.07, 6.45) is 0. The van der Waals surface area contributed by atoms with Crippen LogP contribution in [0.2, 0.25) is 0 Å². The van der Waals surface area contributed by atoms with Gasteiger partial charge in [0.15, 0.2) is 5.71 Å². The lowest BCUT2D eigenvalue weighted by molar-refractivity contribution is -0.112. The monoisotopic (exact) mass is 205 g/mol. The van der Waals surface area contributed by atoms with Crippen LogP contribution >= 0.6 is 0 Å². The van der Waals surface area contributed by atoms with Crippen LogP contribution in [0.5, 0.6) is 0 Å². The maximum Gasteiger partial charge on any atom is 0.292 e. The van der Waals surface area contributed by atoms with Gasteiger partial charge in [0.2, 0.25) is 0 Å². The molecule has 0 unspecified atom stereocenters. The highest BCUT2D eigenvalue weighted by molar-refractivity contribution is 6.47. The van der Waals surface area contributed by atoms with E-state index in [1.54, 1.807) is 19.1 Å². The number of hydrazine groups is 1. The molecular weight excluding hydrogens is 194 g/mol. The number of nitrogens with zero attached hydrogens (tertiary/aromatic N) is 2. The molecule has 5 heteroatoms. The summed E-state index contributed by atoms with van der Waals surface area (Å²) in [4.78, 5) is 11.7. The van der Waals surface area contributed by atoms with Gasteiger partial charge in [-0.2, -0.15) is 0 Å². The van der Waals surface area contributed by atoms with Crippen LogP contribution in [0.1, 0.15) is 6.92 Å². The molecule has 1 saturated heterocycles. The molecule has 1 atom stereocenters. The number of anilines is 1. The number of carbonyl (C=O) groups is 1. The number of rotatable bonds is 1. The summed E-state index contributed by atoms with van der Waals surface area (Å²) in [7, 11) is 0. The van der Waals surface area contributed by atoms with Crippen molar-refractivity contribution in [3.05, 3.63) is 30.3 Å². The molecule has 1 aromatic carbocycles. The zero-order valence-electron chi connectivity index (χ0n) is 8.21. The van der Waals surface area contributed by atoms with E-state index < -0.39 is 0 Å². The summed E-state index contributed by atoms with van der Waals surface area (Å²) in [6, 6.07) is 8.87. The third-order valence-electron chi connectivity index (χ3n) is 2.28. The number of hydrogen-bond acceptors (Lipinski definition) is 4. The van der Waals surface area contributed by atoms with E-state index in [1.165, 1.54) is 5.01 Å². The van der Waals surface area contributed by atoms with Crippen molar-refractivity contribution < 1.29 is 10.0 Å². The second-order valence-corrected chi connectivity index (χ2v) is 3.31. The first-order valence-electron chi connectivity index (χ1n) is 4.61. The van der Waals surface area contributed by atoms with Crippen molar-refractivity contribution in [3.8, 4) is 0 Å². The molecule has 1 aromatic rings. The second-order valence-electron chi connectivity index (χ2n) is 3.31. The zero-order chi connectivity index (χ0) is 10.8. The molecule has 0 aromatic heterocycles. The maximum atomic E-state index is 11.7. The smallest absolute Gasteiger partial charge is 0.292 e. The molecule has 0 spiro atoms. The first kappa shape index (κ1) is 9.67. The van der Waals surface area contributed by atoms with E-state index in [9.17, 15) is 4.79 Å². The molecule has 2 rings (SSSR count). The number of para-hydroxylation sites is 1. The average Bonchev–Trinajstić information content (AvgIpc) is 2.55. The molecule has 0 radical (unpaired) electrons. The van der Waals surface area contributed by atoms with Crippen molar-refractivity contribution in [1.82, 2.24) is 5.43 Å². The van der Waals surface area contributed by atoms with Gasteiger partial charge in [0, 0.05) is 0 Å². The van der Waals surface area contributed by atoms with Crippen LogP contribution in [0.25, 0.3) is 0 Å². The standard InChI is InChI=1S/C10H11N3O2/c1-7-9(12-15)10(14)13(11-7)8-5-3-2-4-6-8/h2-7,11,15H,1H3/b12-9-/t7-/m0/s1. The molecule has 1 aliphatic heterocycles. The van der Waals surface area contributed by atoms with Crippen LogP contribution in [0.3, 0.4) is 0 Å². The van der Waals surface area contributed by atoms with Crippen LogP contribution in [0.15, 0.2) is 35.5 Å². The lowest BCUT2D eigenvalue weighted by Crippen LogP contribution is -2.36. The fourth-order valence-corrected chi connectivity index (χ4v) is 1.51. The van der Waals surface area contributed by atoms with E-state index in [0.717, 1.165) is 5.69 Å². The summed E-state index contributed by atoms with van der Waals surface area (Å²) in [5.74, 6) is -0.323. The average molecular weight is 205 g/mol. The molecule has 78 valence electrons. The Bertz CT molecular complexity index is 402. The summed E-state index contributed by atoms with van der Waals surface area (Å²) >= 11 is 0. The molecule has 0 saturated carbocycles. The highest BCUT2D eigenvalue weighted by Crippen LogP contribution is 2.16. The van der Waals surface area contributed by atoms with Gasteiger partial charge >= 0.3 is 0 Å². The van der Waals surface area contributed by atoms with Gasteiger partial charge in [0.25, 0.3) is 5.91 Å². The van der Waals surface area contributed by atoms with Crippen molar-refractivity contribution >= 4 is 17.3 Å². The molecule has 1 aliphatic rings. The van der Waals surface area contributed by atoms with Gasteiger partial charge in [-0.25, -0.2) is 10.4 Å². The molecule has 5 nitrogen and oxygen atoms in total. The number of amides is 1. The summed E-state index contributed by atoms with van der Waals surface area (Å²) < 4.78 is 0. The fraction of sp³-hybridized carbons (Fsp3) is 0.200. The summed E-state index contributed by atoms with van der Waals surface area (Å²) in [6.45, 7) is 1.76. The normalized spacial score (nSPS) is 23.8. The molecule has 1 heterocycles. The number of oxime groups is 1. The van der Waals surface area contributed by atoms with Gasteiger partial charge < -0.3 is 5.21 Å². The molecule has 1 amide bonds. The van der Waals surface area contributed by atoms with Crippen LogP contribution in [-0.2, 0) is 4.79 Å². The minimum absolute atomic E-state index is 0.124. The summed E-state index contributed by atoms with van der Waals surface area (Å²) in [5.41, 5.74) is 3.77. The number of nitrogens with one attached hydrogen (secondary N) is 1. The quantitative estimate of drug-likeness (QED) is 0.525. The maximum absolute atomic E-state index is 11.7. The van der Waals surface area contributed by atoms with Gasteiger partial charge in [0.1, 0.15) is 0 Å². The number of hydrogen-bond donors (Lipinski definition) is 2. The Labute approximate surface area is 87.0 Å². The van der Waals surface area contributed by atoms with Crippen LogP contribution in [-0.4, -0.2) is 22.9 Å². The Balaban J connectivity index is 2.31. The van der Waals surface area contributed by atoms with Gasteiger partial charge in [-0.1, -0.05) is 23.4 Å². The van der Waals surface area contributed by atoms with Crippen molar-refractivity contribution in [3.63, 3.8) is 0 Å². The van der Waals surface area contributed by atoms with E-state index in [0.29, 0.717) is 0 Å². The highest BCUT2D eigenvalue weighted by Gasteiger charge is 2.35. The molecule has 1 fully saturated rings. The summed E-state index contributed by atoms with van der Waals surface area (Å²) in [5, 5.41) is 13.0. The third-order valence-corrected chi connectivity index (χ3v) is 2.28. The predicted molar refractivity (Wildman–Crippen MR) is 55.7 cm³/mol. The van der Waals surface area contributed by atoms with E-state index in [4.69, 9.17) is 5.21 Å². The van der Waals surface area contributed by atoms with E-state index in [2.05, 4.69) is 10.6 Å². The Hall–Kier alpha value is -1.88. The van der Waals surface area contributed by atoms with Crippen LogP contribution in [0.4, 0.5) is 5.69 Å². The topological polar surface area (TPSA) is 64.9 Å². The molecule has 15 heavy (non-hydrogen) atoms. The van der Waals surface area contributed by atoms with Crippen molar-refractivity contribution in [1.29, 1.82) is 0 Å². The van der Waals surface area contributed by atoms with Crippen molar-refractivity contribution in [2.45, 2.75) is 13.0 Å². The Morgan fingerprint density at radius 3 is 2.60 bits per heavy atom. The minimum Gasteiger partial charge on any atom is -0.410 e. The molecule has 2 N–H and O–H groups in total. The number of benzene rings is 1. The predicted octanol–water partition coefficient (Wildman–Crippen LogP) is 0.756. The SMILES string of the molecule is C[C@@H]1NN(c2ccccc2)C(=O)/C1=N\O. The largest absolute Gasteiger partial charge is 0.410 e.